The quantitative estimate of drug-likeness (QED) is 0.769. The molecule has 0 radical (unpaired) electrons. The minimum atomic E-state index is -0.553. The average molecular weight is 217 g/mol. The lowest BCUT2D eigenvalue weighted by molar-refractivity contribution is 0.230. The molecule has 0 atom stereocenters. The number of carbonyl (C=O) groups is 1. The van der Waals surface area contributed by atoms with E-state index in [0.29, 0.717) is 0 Å². The molecule has 0 saturated heterocycles. The molecular weight excluding hydrogens is 207 g/mol. The first-order valence-corrected chi connectivity index (χ1v) is 4.32. The summed E-state index contributed by atoms with van der Waals surface area (Å²) in [6, 6.07) is 3.89. The van der Waals surface area contributed by atoms with Gasteiger partial charge in [0.25, 0.3) is 0 Å². The Kier molecular flexibility index (Phi) is 3.30. The summed E-state index contributed by atoms with van der Waals surface area (Å²) in [5, 5.41) is 2.38. The van der Waals surface area contributed by atoms with Gasteiger partial charge >= 0.3 is 6.03 Å². The summed E-state index contributed by atoms with van der Waals surface area (Å²) in [5.74, 6) is -0.553. The van der Waals surface area contributed by atoms with E-state index >= 15 is 0 Å². The number of hydrogen-bond donors (Lipinski definition) is 1. The standard InChI is InChI=1S/C9H10ClFN2O/c1-13(2)9(14)12-7-5-3-4-6(11)8(7)10/h3-5H,1-2H3,(H,12,14). The van der Waals surface area contributed by atoms with Crippen LogP contribution in [0.25, 0.3) is 0 Å². The molecule has 1 aromatic rings. The Hall–Kier alpha value is -1.29. The zero-order valence-electron chi connectivity index (χ0n) is 7.84. The van der Waals surface area contributed by atoms with Crippen molar-refractivity contribution in [3.63, 3.8) is 0 Å². The lowest BCUT2D eigenvalue weighted by atomic mass is 10.3. The van der Waals surface area contributed by atoms with Gasteiger partial charge in [-0.25, -0.2) is 9.18 Å². The molecule has 0 aliphatic heterocycles. The van der Waals surface area contributed by atoms with Crippen molar-refractivity contribution in [2.24, 2.45) is 0 Å². The highest BCUT2D eigenvalue weighted by atomic mass is 35.5. The van der Waals surface area contributed by atoms with Gasteiger partial charge in [-0.15, -0.1) is 0 Å². The van der Waals surface area contributed by atoms with Crippen LogP contribution in [0.3, 0.4) is 0 Å². The van der Waals surface area contributed by atoms with E-state index in [4.69, 9.17) is 11.6 Å². The zero-order valence-corrected chi connectivity index (χ0v) is 8.60. The van der Waals surface area contributed by atoms with Crippen LogP contribution in [0, 0.1) is 5.82 Å². The average Bonchev–Trinajstić information content (AvgIpc) is 2.12. The summed E-state index contributed by atoms with van der Waals surface area (Å²) in [7, 11) is 3.17. The molecular formula is C9H10ClFN2O. The fourth-order valence-electron chi connectivity index (χ4n) is 0.827. The summed E-state index contributed by atoms with van der Waals surface area (Å²) in [6.07, 6.45) is 0. The van der Waals surface area contributed by atoms with Crippen LogP contribution in [0.4, 0.5) is 14.9 Å². The van der Waals surface area contributed by atoms with Gasteiger partial charge in [0.15, 0.2) is 0 Å². The molecule has 1 N–H and O–H groups in total. The van der Waals surface area contributed by atoms with E-state index in [2.05, 4.69) is 5.32 Å². The van der Waals surface area contributed by atoms with Gasteiger partial charge in [0.1, 0.15) is 5.82 Å². The summed E-state index contributed by atoms with van der Waals surface area (Å²) in [4.78, 5) is 12.5. The number of carbonyl (C=O) groups excluding carboxylic acids is 1. The molecule has 0 saturated carbocycles. The zero-order chi connectivity index (χ0) is 10.7. The molecule has 5 heteroatoms. The molecule has 0 spiro atoms. The summed E-state index contributed by atoms with van der Waals surface area (Å²) in [5.41, 5.74) is 0.269. The molecule has 1 aromatic carbocycles. The Balaban J connectivity index is 2.87. The molecule has 0 fully saturated rings. The van der Waals surface area contributed by atoms with E-state index in [9.17, 15) is 9.18 Å². The van der Waals surface area contributed by atoms with Crippen LogP contribution in [0.5, 0.6) is 0 Å². The van der Waals surface area contributed by atoms with Crippen molar-refractivity contribution in [1.82, 2.24) is 4.90 Å². The van der Waals surface area contributed by atoms with Crippen LogP contribution in [0.2, 0.25) is 5.02 Å². The van der Waals surface area contributed by atoms with E-state index in [-0.39, 0.29) is 16.7 Å². The molecule has 0 aliphatic rings. The number of anilines is 1. The number of benzene rings is 1. The molecule has 2 amide bonds. The van der Waals surface area contributed by atoms with E-state index in [1.807, 2.05) is 0 Å². The highest BCUT2D eigenvalue weighted by molar-refractivity contribution is 6.33. The minimum absolute atomic E-state index is 0.0808. The fourth-order valence-corrected chi connectivity index (χ4v) is 1.00. The first kappa shape index (κ1) is 10.8. The second-order valence-electron chi connectivity index (χ2n) is 2.93. The van der Waals surface area contributed by atoms with Crippen LogP contribution < -0.4 is 5.32 Å². The summed E-state index contributed by atoms with van der Waals surface area (Å²) < 4.78 is 12.9. The number of hydrogen-bond acceptors (Lipinski definition) is 1. The van der Waals surface area contributed by atoms with Crippen molar-refractivity contribution < 1.29 is 9.18 Å². The number of urea groups is 1. The molecule has 76 valence electrons. The number of nitrogens with one attached hydrogen (secondary N) is 1. The molecule has 0 aliphatic carbocycles. The largest absolute Gasteiger partial charge is 0.331 e. The highest BCUT2D eigenvalue weighted by Gasteiger charge is 2.09. The van der Waals surface area contributed by atoms with Crippen LogP contribution in [-0.2, 0) is 0 Å². The highest BCUT2D eigenvalue weighted by Crippen LogP contribution is 2.24. The number of halogens is 2. The van der Waals surface area contributed by atoms with Crippen molar-refractivity contribution in [2.75, 3.05) is 19.4 Å². The van der Waals surface area contributed by atoms with Crippen molar-refractivity contribution in [1.29, 1.82) is 0 Å². The lowest BCUT2D eigenvalue weighted by Crippen LogP contribution is -2.27. The van der Waals surface area contributed by atoms with Crippen molar-refractivity contribution >= 4 is 23.3 Å². The first-order chi connectivity index (χ1) is 6.52. The second kappa shape index (κ2) is 4.28. The third kappa shape index (κ3) is 2.35. The minimum Gasteiger partial charge on any atom is -0.331 e. The van der Waals surface area contributed by atoms with E-state index in [1.165, 1.54) is 23.1 Å². The van der Waals surface area contributed by atoms with Crippen LogP contribution >= 0.6 is 11.6 Å². The summed E-state index contributed by atoms with van der Waals surface area (Å²) in [6.45, 7) is 0. The van der Waals surface area contributed by atoms with Gasteiger partial charge in [0.05, 0.1) is 10.7 Å². The predicted octanol–water partition coefficient (Wildman–Crippen LogP) is 2.57. The van der Waals surface area contributed by atoms with Gasteiger partial charge in [-0.3, -0.25) is 0 Å². The van der Waals surface area contributed by atoms with E-state index in [1.54, 1.807) is 14.1 Å². The van der Waals surface area contributed by atoms with Crippen LogP contribution in [-0.4, -0.2) is 25.0 Å². The molecule has 0 unspecified atom stereocenters. The first-order valence-electron chi connectivity index (χ1n) is 3.94. The maximum Gasteiger partial charge on any atom is 0.321 e. The van der Waals surface area contributed by atoms with Gasteiger partial charge in [-0.05, 0) is 12.1 Å². The van der Waals surface area contributed by atoms with Crippen molar-refractivity contribution in [3.05, 3.63) is 29.0 Å². The third-order valence-corrected chi connectivity index (χ3v) is 1.98. The maximum atomic E-state index is 12.9. The van der Waals surface area contributed by atoms with Gasteiger partial charge in [-0.1, -0.05) is 17.7 Å². The Bertz CT molecular complexity index is 355. The van der Waals surface area contributed by atoms with Gasteiger partial charge in [-0.2, -0.15) is 0 Å². The molecule has 0 aromatic heterocycles. The third-order valence-electron chi connectivity index (χ3n) is 1.60. The molecule has 14 heavy (non-hydrogen) atoms. The number of nitrogens with zero attached hydrogens (tertiary/aromatic N) is 1. The van der Waals surface area contributed by atoms with Crippen LogP contribution in [0.15, 0.2) is 18.2 Å². The molecule has 3 nitrogen and oxygen atoms in total. The number of amides is 2. The Morgan fingerprint density at radius 3 is 2.71 bits per heavy atom. The Morgan fingerprint density at radius 1 is 1.50 bits per heavy atom. The van der Waals surface area contributed by atoms with E-state index in [0.717, 1.165) is 0 Å². The Labute approximate surface area is 86.5 Å². The predicted molar refractivity (Wildman–Crippen MR) is 54.1 cm³/mol. The smallest absolute Gasteiger partial charge is 0.321 e. The second-order valence-corrected chi connectivity index (χ2v) is 3.30. The molecule has 0 heterocycles. The monoisotopic (exact) mass is 216 g/mol. The molecule has 1 rings (SSSR count). The van der Waals surface area contributed by atoms with Crippen molar-refractivity contribution in [2.45, 2.75) is 0 Å². The fraction of sp³-hybridized carbons (Fsp3) is 0.222. The number of rotatable bonds is 1. The van der Waals surface area contributed by atoms with Gasteiger partial charge in [0, 0.05) is 14.1 Å². The summed E-state index contributed by atoms with van der Waals surface area (Å²) >= 11 is 5.63. The Morgan fingerprint density at radius 2 is 2.14 bits per heavy atom. The lowest BCUT2D eigenvalue weighted by Gasteiger charge is -2.12. The molecule has 0 bridgehead atoms. The van der Waals surface area contributed by atoms with Crippen molar-refractivity contribution in [3.8, 4) is 0 Å². The van der Waals surface area contributed by atoms with Crippen LogP contribution in [0.1, 0.15) is 0 Å². The van der Waals surface area contributed by atoms with Gasteiger partial charge in [0.2, 0.25) is 0 Å². The normalized spacial score (nSPS) is 9.71. The topological polar surface area (TPSA) is 32.3 Å². The SMILES string of the molecule is CN(C)C(=O)Nc1cccc(F)c1Cl. The maximum absolute atomic E-state index is 12.9. The van der Waals surface area contributed by atoms with Gasteiger partial charge < -0.3 is 10.2 Å². The van der Waals surface area contributed by atoms with E-state index < -0.39 is 5.82 Å².